The lowest BCUT2D eigenvalue weighted by Crippen LogP contribution is -2.45. The number of hydrogen-bond acceptors (Lipinski definition) is 2. The number of amides is 1. The Bertz CT molecular complexity index is 1450. The van der Waals surface area contributed by atoms with Gasteiger partial charge in [-0.1, -0.05) is 47.5 Å². The highest BCUT2D eigenvalue weighted by Crippen LogP contribution is 2.41. The van der Waals surface area contributed by atoms with Gasteiger partial charge in [0.2, 0.25) is 0 Å². The molecule has 0 bridgehead atoms. The monoisotopic (exact) mass is 483 g/mol. The summed E-state index contributed by atoms with van der Waals surface area (Å²) < 4.78 is 15.8. The van der Waals surface area contributed by atoms with Crippen molar-refractivity contribution in [3.8, 4) is 11.1 Å². The summed E-state index contributed by atoms with van der Waals surface area (Å²) in [7, 11) is 0. The molecule has 36 heavy (non-hydrogen) atoms. The Hall–Kier alpha value is -3.47. The topological polar surface area (TPSA) is 38.1 Å². The Morgan fingerprint density at radius 1 is 0.972 bits per heavy atom. The Labute approximate surface area is 212 Å². The molecule has 5 heteroatoms. The molecule has 4 nitrogen and oxygen atoms in total. The Morgan fingerprint density at radius 3 is 2.39 bits per heavy atom. The van der Waals surface area contributed by atoms with E-state index in [1.807, 2.05) is 28.5 Å². The predicted molar refractivity (Wildman–Crippen MR) is 144 cm³/mol. The number of hydrogen-bond donors (Lipinski definition) is 0. The van der Waals surface area contributed by atoms with Crippen LogP contribution in [0.15, 0.2) is 54.6 Å². The van der Waals surface area contributed by atoms with E-state index in [-0.39, 0.29) is 12.5 Å². The van der Waals surface area contributed by atoms with Gasteiger partial charge in [-0.15, -0.1) is 0 Å². The standard InChI is InChI=1S/C31H34FN3O/c1-20-7-10-24(11-8-20)25-12-9-21(2)17-26(25)29(36)35-15-6-13-31(35,5)30-33-27-18-22(3)23(4)19-28(27)34(30)16-14-32/h7-12,17-19H,6,13-16H2,1-5H3. The molecule has 1 aliphatic heterocycles. The number of carbonyl (C=O) groups is 1. The molecule has 0 saturated carbocycles. The van der Waals surface area contributed by atoms with Crippen LogP contribution < -0.4 is 0 Å². The number of aryl methyl sites for hydroxylation is 5. The van der Waals surface area contributed by atoms with Crippen LogP contribution in [0.5, 0.6) is 0 Å². The van der Waals surface area contributed by atoms with Crippen molar-refractivity contribution in [2.45, 2.75) is 59.5 Å². The van der Waals surface area contributed by atoms with Gasteiger partial charge < -0.3 is 9.47 Å². The van der Waals surface area contributed by atoms with E-state index in [1.165, 1.54) is 5.56 Å². The van der Waals surface area contributed by atoms with Crippen molar-refractivity contribution in [2.24, 2.45) is 0 Å². The van der Waals surface area contributed by atoms with Gasteiger partial charge in [-0.05, 0) is 87.9 Å². The smallest absolute Gasteiger partial charge is 0.255 e. The van der Waals surface area contributed by atoms with Gasteiger partial charge in [0.15, 0.2) is 0 Å². The Balaban J connectivity index is 1.63. The first-order valence-electron chi connectivity index (χ1n) is 12.8. The highest BCUT2D eigenvalue weighted by Gasteiger charge is 2.45. The number of benzene rings is 3. The molecule has 1 fully saturated rings. The number of halogens is 1. The number of rotatable bonds is 5. The molecule has 186 valence electrons. The number of carbonyl (C=O) groups excluding carboxylic acids is 1. The van der Waals surface area contributed by atoms with Crippen LogP contribution in [-0.4, -0.2) is 33.6 Å². The molecule has 3 aromatic carbocycles. The SMILES string of the molecule is Cc1ccc(-c2ccc(C)cc2C(=O)N2CCCC2(C)c2nc3cc(C)c(C)cc3n2CCF)cc1. The lowest BCUT2D eigenvalue weighted by Gasteiger charge is -2.35. The maximum atomic E-state index is 14.3. The highest BCUT2D eigenvalue weighted by atomic mass is 19.1. The number of aromatic nitrogens is 2. The Kier molecular flexibility index (Phi) is 6.19. The first-order valence-corrected chi connectivity index (χ1v) is 12.8. The van der Waals surface area contributed by atoms with Gasteiger partial charge in [0.05, 0.1) is 23.1 Å². The van der Waals surface area contributed by atoms with Crippen LogP contribution in [0.25, 0.3) is 22.2 Å². The molecule has 2 heterocycles. The van der Waals surface area contributed by atoms with Gasteiger partial charge in [0.25, 0.3) is 5.91 Å². The van der Waals surface area contributed by atoms with Crippen molar-refractivity contribution in [2.75, 3.05) is 13.2 Å². The van der Waals surface area contributed by atoms with E-state index in [0.29, 0.717) is 12.1 Å². The molecule has 4 aromatic rings. The van der Waals surface area contributed by atoms with Crippen LogP contribution in [0.2, 0.25) is 0 Å². The second-order valence-corrected chi connectivity index (χ2v) is 10.5. The molecular formula is C31H34FN3O. The molecule has 1 saturated heterocycles. The summed E-state index contributed by atoms with van der Waals surface area (Å²) in [6, 6.07) is 18.6. The van der Waals surface area contributed by atoms with E-state index in [1.54, 1.807) is 0 Å². The summed E-state index contributed by atoms with van der Waals surface area (Å²) in [6.07, 6.45) is 1.67. The van der Waals surface area contributed by atoms with E-state index >= 15 is 0 Å². The maximum absolute atomic E-state index is 14.3. The van der Waals surface area contributed by atoms with Crippen molar-refractivity contribution in [3.05, 3.63) is 88.2 Å². The minimum atomic E-state index is -0.624. The van der Waals surface area contributed by atoms with Gasteiger partial charge in [-0.25, -0.2) is 9.37 Å². The molecule has 0 radical (unpaired) electrons. The van der Waals surface area contributed by atoms with Gasteiger partial charge in [0.1, 0.15) is 12.5 Å². The van der Waals surface area contributed by atoms with E-state index in [0.717, 1.165) is 57.5 Å². The number of fused-ring (bicyclic) bond motifs is 1. The van der Waals surface area contributed by atoms with Crippen molar-refractivity contribution >= 4 is 16.9 Å². The van der Waals surface area contributed by atoms with Crippen molar-refractivity contribution in [3.63, 3.8) is 0 Å². The number of alkyl halides is 1. The van der Waals surface area contributed by atoms with E-state index in [4.69, 9.17) is 4.98 Å². The fourth-order valence-electron chi connectivity index (χ4n) is 5.59. The predicted octanol–water partition coefficient (Wildman–Crippen LogP) is 7.06. The largest absolute Gasteiger partial charge is 0.326 e. The average molecular weight is 484 g/mol. The quantitative estimate of drug-likeness (QED) is 0.305. The third-order valence-electron chi connectivity index (χ3n) is 7.81. The fraction of sp³-hybridized carbons (Fsp3) is 0.355. The minimum absolute atomic E-state index is 0.000454. The average Bonchev–Trinajstić information content (AvgIpc) is 3.41. The summed E-state index contributed by atoms with van der Waals surface area (Å²) in [6.45, 7) is 10.7. The summed E-state index contributed by atoms with van der Waals surface area (Å²) in [5, 5.41) is 0. The maximum Gasteiger partial charge on any atom is 0.255 e. The van der Waals surface area contributed by atoms with Crippen LogP contribution in [0.3, 0.4) is 0 Å². The molecular weight excluding hydrogens is 449 g/mol. The van der Waals surface area contributed by atoms with Crippen LogP contribution in [0.1, 0.15) is 58.2 Å². The summed E-state index contributed by atoms with van der Waals surface area (Å²) in [5.74, 6) is 0.774. The van der Waals surface area contributed by atoms with Crippen molar-refractivity contribution in [1.82, 2.24) is 14.5 Å². The third kappa shape index (κ3) is 4.01. The van der Waals surface area contributed by atoms with Crippen LogP contribution in [-0.2, 0) is 12.1 Å². The molecule has 0 N–H and O–H groups in total. The van der Waals surface area contributed by atoms with E-state index < -0.39 is 12.2 Å². The summed E-state index contributed by atoms with van der Waals surface area (Å²) >= 11 is 0. The molecule has 1 amide bonds. The van der Waals surface area contributed by atoms with Gasteiger partial charge >= 0.3 is 0 Å². The molecule has 0 aliphatic carbocycles. The van der Waals surface area contributed by atoms with Crippen LogP contribution >= 0.6 is 0 Å². The second-order valence-electron chi connectivity index (χ2n) is 10.5. The minimum Gasteiger partial charge on any atom is -0.326 e. The zero-order valence-corrected chi connectivity index (χ0v) is 21.9. The number of imidazole rings is 1. The number of nitrogens with zero attached hydrogens (tertiary/aromatic N) is 3. The lowest BCUT2D eigenvalue weighted by molar-refractivity contribution is 0.0598. The Morgan fingerprint density at radius 2 is 1.67 bits per heavy atom. The van der Waals surface area contributed by atoms with Crippen molar-refractivity contribution in [1.29, 1.82) is 0 Å². The molecule has 1 atom stereocenters. The van der Waals surface area contributed by atoms with E-state index in [9.17, 15) is 9.18 Å². The van der Waals surface area contributed by atoms with Gasteiger partial charge in [-0.2, -0.15) is 0 Å². The fourth-order valence-corrected chi connectivity index (χ4v) is 5.59. The summed E-state index contributed by atoms with van der Waals surface area (Å²) in [5.41, 5.74) is 8.37. The zero-order valence-electron chi connectivity index (χ0n) is 21.9. The lowest BCUT2D eigenvalue weighted by atomic mass is 9.93. The van der Waals surface area contributed by atoms with Gasteiger partial charge in [0, 0.05) is 12.1 Å². The second kappa shape index (κ2) is 9.20. The molecule has 1 aromatic heterocycles. The van der Waals surface area contributed by atoms with Crippen LogP contribution in [0.4, 0.5) is 4.39 Å². The normalized spacial score (nSPS) is 17.8. The highest BCUT2D eigenvalue weighted by molar-refractivity contribution is 6.01. The number of likely N-dealkylation sites (tertiary alicyclic amines) is 1. The van der Waals surface area contributed by atoms with Crippen LogP contribution in [0, 0.1) is 27.7 Å². The van der Waals surface area contributed by atoms with Gasteiger partial charge in [-0.3, -0.25) is 4.79 Å². The molecule has 0 spiro atoms. The zero-order chi connectivity index (χ0) is 25.6. The first kappa shape index (κ1) is 24.2. The third-order valence-corrected chi connectivity index (χ3v) is 7.81. The molecule has 1 unspecified atom stereocenters. The molecule has 5 rings (SSSR count). The summed E-state index contributed by atoms with van der Waals surface area (Å²) in [4.78, 5) is 21.2. The van der Waals surface area contributed by atoms with E-state index in [2.05, 4.69) is 70.2 Å². The molecule has 1 aliphatic rings. The van der Waals surface area contributed by atoms with Crippen molar-refractivity contribution < 1.29 is 9.18 Å². The first-order chi connectivity index (χ1) is 17.2.